The summed E-state index contributed by atoms with van der Waals surface area (Å²) in [5.41, 5.74) is 0. The van der Waals surface area contributed by atoms with Crippen LogP contribution in [-0.4, -0.2) is 52.6 Å². The van der Waals surface area contributed by atoms with Gasteiger partial charge in [0.1, 0.15) is 6.04 Å². The van der Waals surface area contributed by atoms with Crippen LogP contribution in [0.2, 0.25) is 0 Å². The summed E-state index contributed by atoms with van der Waals surface area (Å²) in [5, 5.41) is 3.11. The van der Waals surface area contributed by atoms with Gasteiger partial charge in [-0.15, -0.1) is 0 Å². The molecule has 0 amide bonds. The molecule has 1 N–H and O–H groups in total. The summed E-state index contributed by atoms with van der Waals surface area (Å²) in [6.07, 6.45) is 0. The van der Waals surface area contributed by atoms with Crippen molar-refractivity contribution in [2.45, 2.75) is 19.9 Å². The fraction of sp³-hybridized carbons (Fsp3) is 0.909. The van der Waals surface area contributed by atoms with Crippen molar-refractivity contribution in [2.75, 3.05) is 40.6 Å². The molecule has 0 spiro atoms. The average Bonchev–Trinajstić information content (AvgIpc) is 2.25. The van der Waals surface area contributed by atoms with Crippen molar-refractivity contribution in [1.82, 2.24) is 5.32 Å². The van der Waals surface area contributed by atoms with Gasteiger partial charge in [0.05, 0.1) is 19.8 Å². The van der Waals surface area contributed by atoms with E-state index < -0.39 is 0 Å². The van der Waals surface area contributed by atoms with Gasteiger partial charge < -0.3 is 19.5 Å². The zero-order valence-electron chi connectivity index (χ0n) is 10.6. The van der Waals surface area contributed by atoms with Crippen molar-refractivity contribution in [3.8, 4) is 0 Å². The maximum absolute atomic E-state index is 11.7. The van der Waals surface area contributed by atoms with Gasteiger partial charge in [0.25, 0.3) is 0 Å². The van der Waals surface area contributed by atoms with Gasteiger partial charge in [-0.05, 0) is 6.92 Å². The molecule has 0 fully saturated rings. The highest BCUT2D eigenvalue weighted by atomic mass is 16.5. The third-order valence-corrected chi connectivity index (χ3v) is 2.21. The summed E-state index contributed by atoms with van der Waals surface area (Å²) in [4.78, 5) is 11.7. The van der Waals surface area contributed by atoms with Crippen LogP contribution in [0.5, 0.6) is 0 Å². The van der Waals surface area contributed by atoms with Gasteiger partial charge in [0, 0.05) is 26.7 Å². The van der Waals surface area contributed by atoms with Gasteiger partial charge >= 0.3 is 5.97 Å². The molecule has 0 aliphatic rings. The maximum atomic E-state index is 11.7. The SMILES string of the molecule is CCOC(=O)C(NCCOC)C(C)COC. The molecule has 0 saturated heterocycles. The van der Waals surface area contributed by atoms with Crippen LogP contribution in [0.15, 0.2) is 0 Å². The molecule has 0 rings (SSSR count). The van der Waals surface area contributed by atoms with Gasteiger partial charge in [-0.1, -0.05) is 6.92 Å². The number of hydrogen-bond donors (Lipinski definition) is 1. The van der Waals surface area contributed by atoms with Gasteiger partial charge in [-0.3, -0.25) is 4.79 Å². The van der Waals surface area contributed by atoms with Gasteiger partial charge in [0.15, 0.2) is 0 Å². The Morgan fingerprint density at radius 2 is 2.00 bits per heavy atom. The van der Waals surface area contributed by atoms with E-state index in [1.54, 1.807) is 21.1 Å². The fourth-order valence-corrected chi connectivity index (χ4v) is 1.42. The number of esters is 1. The van der Waals surface area contributed by atoms with Crippen LogP contribution in [0.4, 0.5) is 0 Å². The Morgan fingerprint density at radius 3 is 2.50 bits per heavy atom. The summed E-state index contributed by atoms with van der Waals surface area (Å²) >= 11 is 0. The lowest BCUT2D eigenvalue weighted by atomic mass is 10.0. The van der Waals surface area contributed by atoms with E-state index in [1.165, 1.54) is 0 Å². The Morgan fingerprint density at radius 1 is 1.31 bits per heavy atom. The molecule has 5 nitrogen and oxygen atoms in total. The topological polar surface area (TPSA) is 56.8 Å². The number of ether oxygens (including phenoxy) is 3. The number of methoxy groups -OCH3 is 2. The first-order valence-corrected chi connectivity index (χ1v) is 5.55. The first-order valence-electron chi connectivity index (χ1n) is 5.55. The molecule has 0 bridgehead atoms. The summed E-state index contributed by atoms with van der Waals surface area (Å²) < 4.78 is 15.0. The monoisotopic (exact) mass is 233 g/mol. The smallest absolute Gasteiger partial charge is 0.323 e. The van der Waals surface area contributed by atoms with Crippen molar-refractivity contribution < 1.29 is 19.0 Å². The third-order valence-electron chi connectivity index (χ3n) is 2.21. The molecule has 16 heavy (non-hydrogen) atoms. The summed E-state index contributed by atoms with van der Waals surface area (Å²) in [5.74, 6) is -0.163. The van der Waals surface area contributed by atoms with Gasteiger partial charge in [-0.25, -0.2) is 0 Å². The second-order valence-electron chi connectivity index (χ2n) is 3.61. The van der Waals surface area contributed by atoms with Crippen LogP contribution >= 0.6 is 0 Å². The van der Waals surface area contributed by atoms with E-state index >= 15 is 0 Å². The Hall–Kier alpha value is -0.650. The molecular formula is C11H23NO4. The van der Waals surface area contributed by atoms with Crippen molar-refractivity contribution in [2.24, 2.45) is 5.92 Å². The Bertz CT molecular complexity index is 187. The number of hydrogen-bond acceptors (Lipinski definition) is 5. The van der Waals surface area contributed by atoms with E-state index in [0.29, 0.717) is 26.4 Å². The lowest BCUT2D eigenvalue weighted by Gasteiger charge is -2.22. The van der Waals surface area contributed by atoms with E-state index in [4.69, 9.17) is 14.2 Å². The molecule has 0 aromatic carbocycles. The van der Waals surface area contributed by atoms with Crippen molar-refractivity contribution in [3.63, 3.8) is 0 Å². The van der Waals surface area contributed by atoms with Crippen LogP contribution in [0.3, 0.4) is 0 Å². The van der Waals surface area contributed by atoms with E-state index in [0.717, 1.165) is 0 Å². The lowest BCUT2D eigenvalue weighted by Crippen LogP contribution is -2.45. The Kier molecular flexibility index (Phi) is 9.18. The molecule has 2 atom stereocenters. The molecule has 5 heteroatoms. The molecule has 0 radical (unpaired) electrons. The minimum absolute atomic E-state index is 0.0703. The Labute approximate surface area is 97.4 Å². The minimum Gasteiger partial charge on any atom is -0.465 e. The normalized spacial score (nSPS) is 14.5. The largest absolute Gasteiger partial charge is 0.465 e. The van der Waals surface area contributed by atoms with Crippen LogP contribution in [-0.2, 0) is 19.0 Å². The second-order valence-corrected chi connectivity index (χ2v) is 3.61. The summed E-state index contributed by atoms with van der Waals surface area (Å²) in [6, 6.07) is -0.338. The molecular weight excluding hydrogens is 210 g/mol. The van der Waals surface area contributed by atoms with Crippen LogP contribution in [0, 0.1) is 5.92 Å². The van der Waals surface area contributed by atoms with Crippen LogP contribution < -0.4 is 5.32 Å². The number of carbonyl (C=O) groups excluding carboxylic acids is 1. The minimum atomic E-state index is -0.338. The zero-order chi connectivity index (χ0) is 12.4. The number of nitrogens with one attached hydrogen (secondary N) is 1. The first kappa shape index (κ1) is 15.3. The van der Waals surface area contributed by atoms with E-state index in [9.17, 15) is 4.79 Å². The lowest BCUT2D eigenvalue weighted by molar-refractivity contribution is -0.147. The van der Waals surface area contributed by atoms with Gasteiger partial charge in [0.2, 0.25) is 0 Å². The molecule has 2 unspecified atom stereocenters. The van der Waals surface area contributed by atoms with Gasteiger partial charge in [-0.2, -0.15) is 0 Å². The van der Waals surface area contributed by atoms with Crippen LogP contribution in [0.25, 0.3) is 0 Å². The highest BCUT2D eigenvalue weighted by molar-refractivity contribution is 5.76. The average molecular weight is 233 g/mol. The fourth-order valence-electron chi connectivity index (χ4n) is 1.42. The quantitative estimate of drug-likeness (QED) is 0.462. The maximum Gasteiger partial charge on any atom is 0.323 e. The second kappa shape index (κ2) is 9.57. The van der Waals surface area contributed by atoms with E-state index in [-0.39, 0.29) is 17.9 Å². The molecule has 0 heterocycles. The molecule has 0 aliphatic heterocycles. The van der Waals surface area contributed by atoms with Crippen molar-refractivity contribution in [1.29, 1.82) is 0 Å². The van der Waals surface area contributed by atoms with Crippen molar-refractivity contribution >= 4 is 5.97 Å². The number of rotatable bonds is 9. The molecule has 0 aliphatic carbocycles. The Balaban J connectivity index is 4.19. The third kappa shape index (κ3) is 6.05. The summed E-state index contributed by atoms with van der Waals surface area (Å²) in [7, 11) is 3.24. The van der Waals surface area contributed by atoms with Crippen LogP contribution in [0.1, 0.15) is 13.8 Å². The predicted octanol–water partition coefficient (Wildman–Crippen LogP) is 0.437. The van der Waals surface area contributed by atoms with E-state index in [2.05, 4.69) is 5.32 Å². The highest BCUT2D eigenvalue weighted by Crippen LogP contribution is 2.05. The zero-order valence-corrected chi connectivity index (χ0v) is 10.6. The molecule has 0 saturated carbocycles. The highest BCUT2D eigenvalue weighted by Gasteiger charge is 2.25. The first-order chi connectivity index (χ1) is 7.67. The van der Waals surface area contributed by atoms with Crippen molar-refractivity contribution in [3.05, 3.63) is 0 Å². The predicted molar refractivity (Wildman–Crippen MR) is 61.3 cm³/mol. The molecule has 0 aromatic rings. The molecule has 96 valence electrons. The standard InChI is InChI=1S/C11H23NO4/c1-5-16-11(13)10(9(2)8-15-4)12-6-7-14-3/h9-10,12H,5-8H2,1-4H3. The van der Waals surface area contributed by atoms with E-state index in [1.807, 2.05) is 6.92 Å². The summed E-state index contributed by atoms with van der Waals surface area (Å²) in [6.45, 7) is 5.84. The molecule has 0 aromatic heterocycles. The number of carbonyl (C=O) groups is 1.